The number of hydrogen-bond donors (Lipinski definition) is 1. The molecule has 1 N–H and O–H groups in total. The molecule has 172 valence electrons. The van der Waals surface area contributed by atoms with E-state index in [1.807, 2.05) is 36.4 Å². The van der Waals surface area contributed by atoms with Crippen molar-refractivity contribution in [3.8, 4) is 0 Å². The van der Waals surface area contributed by atoms with Gasteiger partial charge in [-0.1, -0.05) is 65.8 Å². The standard InChI is InChI=1S/C26H30N4O3/c31-25(21-13-17-32-19-21)28-26(30-15-7-16-30,22-10-5-2-6-11-22)14-12-24-27-23(29-33-24)18-20-8-3-1-4-9-20/h1-6,8-11,21H,7,12-19H2,(H,28,31)/t21?,26-/m0/s1. The third-order valence-corrected chi connectivity index (χ3v) is 6.69. The van der Waals surface area contributed by atoms with Crippen LogP contribution in [0.15, 0.2) is 65.2 Å². The SMILES string of the molecule is O=C(N[C@](CCc1nc(Cc2ccccc2)no1)(c1ccccc1)N1CCC1)C1CCOC1. The van der Waals surface area contributed by atoms with E-state index in [2.05, 4.69) is 44.6 Å². The van der Waals surface area contributed by atoms with Crippen LogP contribution in [0.25, 0.3) is 0 Å². The zero-order valence-electron chi connectivity index (χ0n) is 18.8. The minimum absolute atomic E-state index is 0.0542. The quantitative estimate of drug-likeness (QED) is 0.543. The number of nitrogens with zero attached hydrogens (tertiary/aromatic N) is 3. The summed E-state index contributed by atoms with van der Waals surface area (Å²) in [5, 5.41) is 7.61. The van der Waals surface area contributed by atoms with Crippen LogP contribution < -0.4 is 5.32 Å². The van der Waals surface area contributed by atoms with E-state index >= 15 is 0 Å². The molecule has 2 aromatic carbocycles. The predicted molar refractivity (Wildman–Crippen MR) is 123 cm³/mol. The lowest BCUT2D eigenvalue weighted by atomic mass is 9.88. The Balaban J connectivity index is 1.37. The van der Waals surface area contributed by atoms with Crippen molar-refractivity contribution >= 4 is 5.91 Å². The highest BCUT2D eigenvalue weighted by Crippen LogP contribution is 2.35. The molecule has 5 rings (SSSR count). The van der Waals surface area contributed by atoms with Crippen molar-refractivity contribution in [2.24, 2.45) is 5.92 Å². The minimum atomic E-state index is -0.604. The van der Waals surface area contributed by atoms with E-state index in [1.165, 1.54) is 0 Å². The molecule has 7 nitrogen and oxygen atoms in total. The number of hydrogen-bond acceptors (Lipinski definition) is 6. The molecular weight excluding hydrogens is 416 g/mol. The summed E-state index contributed by atoms with van der Waals surface area (Å²) >= 11 is 0. The van der Waals surface area contributed by atoms with Crippen molar-refractivity contribution in [3.05, 3.63) is 83.5 Å². The summed E-state index contributed by atoms with van der Waals surface area (Å²) in [5.41, 5.74) is 1.63. The van der Waals surface area contributed by atoms with Crippen LogP contribution in [0.3, 0.4) is 0 Å². The van der Waals surface area contributed by atoms with E-state index in [0.29, 0.717) is 44.2 Å². The molecule has 2 saturated heterocycles. The fourth-order valence-corrected chi connectivity index (χ4v) is 4.69. The Bertz CT molecular complexity index is 1050. The third kappa shape index (κ3) is 4.84. The number of amides is 1. The monoisotopic (exact) mass is 446 g/mol. The van der Waals surface area contributed by atoms with Gasteiger partial charge in [-0.3, -0.25) is 9.69 Å². The number of aryl methyl sites for hydroxylation is 1. The second kappa shape index (κ2) is 9.85. The normalized spacial score (nSPS) is 20.2. The average Bonchev–Trinajstić information content (AvgIpc) is 3.50. The molecule has 0 aliphatic carbocycles. The van der Waals surface area contributed by atoms with Crippen molar-refractivity contribution < 1.29 is 14.1 Å². The van der Waals surface area contributed by atoms with Crippen LogP contribution in [0, 0.1) is 5.92 Å². The zero-order valence-corrected chi connectivity index (χ0v) is 18.8. The number of likely N-dealkylation sites (tertiary alicyclic amines) is 1. The molecule has 0 radical (unpaired) electrons. The molecule has 7 heteroatoms. The van der Waals surface area contributed by atoms with E-state index in [0.717, 1.165) is 37.1 Å². The molecule has 1 unspecified atom stereocenters. The number of benzene rings is 2. The molecule has 2 aliphatic heterocycles. The molecule has 2 fully saturated rings. The lowest BCUT2D eigenvalue weighted by Crippen LogP contribution is -2.63. The van der Waals surface area contributed by atoms with E-state index in [9.17, 15) is 4.79 Å². The minimum Gasteiger partial charge on any atom is -0.381 e. The maximum atomic E-state index is 13.2. The summed E-state index contributed by atoms with van der Waals surface area (Å²) in [5.74, 6) is 1.23. The number of nitrogens with one attached hydrogen (secondary N) is 1. The first-order valence-electron chi connectivity index (χ1n) is 11.8. The highest BCUT2D eigenvalue weighted by molar-refractivity contribution is 5.80. The Morgan fingerprint density at radius 2 is 1.85 bits per heavy atom. The fraction of sp³-hybridized carbons (Fsp3) is 0.423. The number of aromatic nitrogens is 2. The molecule has 3 heterocycles. The maximum Gasteiger partial charge on any atom is 0.227 e. The van der Waals surface area contributed by atoms with Gasteiger partial charge in [0.05, 0.1) is 12.5 Å². The van der Waals surface area contributed by atoms with Crippen molar-refractivity contribution in [1.29, 1.82) is 0 Å². The Hall–Kier alpha value is -3.03. The Morgan fingerprint density at radius 1 is 1.09 bits per heavy atom. The lowest BCUT2D eigenvalue weighted by Gasteiger charge is -2.50. The van der Waals surface area contributed by atoms with Crippen LogP contribution >= 0.6 is 0 Å². The molecule has 0 bridgehead atoms. The number of rotatable bonds is 9. The average molecular weight is 447 g/mol. The third-order valence-electron chi connectivity index (χ3n) is 6.69. The van der Waals surface area contributed by atoms with Gasteiger partial charge in [-0.15, -0.1) is 0 Å². The molecule has 0 saturated carbocycles. The van der Waals surface area contributed by atoms with Gasteiger partial charge in [0.15, 0.2) is 5.82 Å². The smallest absolute Gasteiger partial charge is 0.227 e. The molecule has 2 atom stereocenters. The lowest BCUT2D eigenvalue weighted by molar-refractivity contribution is -0.132. The van der Waals surface area contributed by atoms with E-state index in [-0.39, 0.29) is 11.8 Å². The summed E-state index contributed by atoms with van der Waals surface area (Å²) < 4.78 is 11.1. The summed E-state index contributed by atoms with van der Waals surface area (Å²) in [6, 6.07) is 20.4. The topological polar surface area (TPSA) is 80.5 Å². The van der Waals surface area contributed by atoms with E-state index in [4.69, 9.17) is 9.26 Å². The van der Waals surface area contributed by atoms with Gasteiger partial charge in [0.1, 0.15) is 5.66 Å². The van der Waals surface area contributed by atoms with Gasteiger partial charge >= 0.3 is 0 Å². The Labute approximate surface area is 194 Å². The number of ether oxygens (including phenoxy) is 1. The molecular formula is C26H30N4O3. The van der Waals surface area contributed by atoms with Gasteiger partial charge in [-0.25, -0.2) is 0 Å². The van der Waals surface area contributed by atoms with Gasteiger partial charge in [-0.05, 0) is 30.4 Å². The van der Waals surface area contributed by atoms with Gasteiger partial charge in [0, 0.05) is 32.5 Å². The second-order valence-electron chi connectivity index (χ2n) is 8.88. The van der Waals surface area contributed by atoms with E-state index < -0.39 is 5.66 Å². The second-order valence-corrected chi connectivity index (χ2v) is 8.88. The fourth-order valence-electron chi connectivity index (χ4n) is 4.69. The van der Waals surface area contributed by atoms with Crippen LogP contribution in [-0.2, 0) is 28.0 Å². The summed E-state index contributed by atoms with van der Waals surface area (Å²) in [7, 11) is 0. The highest BCUT2D eigenvalue weighted by Gasteiger charge is 2.44. The van der Waals surface area contributed by atoms with Crippen LogP contribution in [0.1, 0.15) is 42.1 Å². The molecule has 1 aromatic heterocycles. The Kier molecular flexibility index (Phi) is 6.51. The van der Waals surface area contributed by atoms with Crippen molar-refractivity contribution in [1.82, 2.24) is 20.4 Å². The first-order valence-corrected chi connectivity index (χ1v) is 11.8. The van der Waals surface area contributed by atoms with Crippen molar-refractivity contribution in [2.45, 2.75) is 37.8 Å². The summed E-state index contributed by atoms with van der Waals surface area (Å²) in [4.78, 5) is 20.2. The van der Waals surface area contributed by atoms with Crippen LogP contribution in [-0.4, -0.2) is 47.3 Å². The molecule has 3 aromatic rings. The van der Waals surface area contributed by atoms with Gasteiger partial charge < -0.3 is 14.6 Å². The number of carbonyl (C=O) groups excluding carboxylic acids is 1. The van der Waals surface area contributed by atoms with Gasteiger partial charge in [-0.2, -0.15) is 4.98 Å². The van der Waals surface area contributed by atoms with Crippen LogP contribution in [0.4, 0.5) is 0 Å². The molecule has 33 heavy (non-hydrogen) atoms. The highest BCUT2D eigenvalue weighted by atomic mass is 16.5. The largest absolute Gasteiger partial charge is 0.381 e. The van der Waals surface area contributed by atoms with E-state index in [1.54, 1.807) is 0 Å². The molecule has 2 aliphatic rings. The maximum absolute atomic E-state index is 13.2. The zero-order chi connectivity index (χ0) is 22.5. The van der Waals surface area contributed by atoms with Crippen molar-refractivity contribution in [3.63, 3.8) is 0 Å². The molecule has 1 amide bonds. The van der Waals surface area contributed by atoms with Crippen LogP contribution in [0.2, 0.25) is 0 Å². The van der Waals surface area contributed by atoms with Crippen LogP contribution in [0.5, 0.6) is 0 Å². The Morgan fingerprint density at radius 3 is 2.52 bits per heavy atom. The van der Waals surface area contributed by atoms with Gasteiger partial charge in [0.25, 0.3) is 0 Å². The van der Waals surface area contributed by atoms with Crippen molar-refractivity contribution in [2.75, 3.05) is 26.3 Å². The first-order chi connectivity index (χ1) is 16.2. The number of carbonyl (C=O) groups is 1. The van der Waals surface area contributed by atoms with Gasteiger partial charge in [0.2, 0.25) is 11.8 Å². The molecule has 0 spiro atoms. The summed E-state index contributed by atoms with van der Waals surface area (Å²) in [6.07, 6.45) is 3.76. The summed E-state index contributed by atoms with van der Waals surface area (Å²) in [6.45, 7) is 3.02. The predicted octanol–water partition coefficient (Wildman–Crippen LogP) is 3.30. The first kappa shape index (κ1) is 21.8.